The number of hydrazone groups is 1. The number of methoxy groups -OCH3 is 1. The molecule has 1 aromatic carbocycles. The van der Waals surface area contributed by atoms with E-state index in [2.05, 4.69) is 20.2 Å². The molecule has 8 nitrogen and oxygen atoms in total. The minimum Gasteiger partial charge on any atom is -0.490 e. The Morgan fingerprint density at radius 3 is 2.86 bits per heavy atom. The third kappa shape index (κ3) is 5.58. The molecule has 0 saturated heterocycles. The van der Waals surface area contributed by atoms with Crippen LogP contribution in [0.2, 0.25) is 0 Å². The zero-order valence-corrected chi connectivity index (χ0v) is 17.1. The molecule has 0 aliphatic rings. The van der Waals surface area contributed by atoms with Gasteiger partial charge < -0.3 is 18.6 Å². The molecule has 0 radical (unpaired) electrons. The smallest absolute Gasteiger partial charge is 0.373 e. The van der Waals surface area contributed by atoms with Crippen molar-refractivity contribution in [3.63, 3.8) is 0 Å². The van der Waals surface area contributed by atoms with Crippen molar-refractivity contribution in [2.24, 2.45) is 5.10 Å². The summed E-state index contributed by atoms with van der Waals surface area (Å²) < 4.78 is 21.5. The lowest BCUT2D eigenvalue weighted by atomic mass is 10.2. The Hall–Kier alpha value is -3.33. The fourth-order valence-corrected chi connectivity index (χ4v) is 3.01. The second-order valence-electron chi connectivity index (χ2n) is 5.85. The molecule has 0 spiro atoms. The van der Waals surface area contributed by atoms with Crippen LogP contribution in [0.4, 0.5) is 5.13 Å². The van der Waals surface area contributed by atoms with Gasteiger partial charge in [0.25, 0.3) is 0 Å². The van der Waals surface area contributed by atoms with Gasteiger partial charge in [0.1, 0.15) is 12.4 Å². The molecule has 2 heterocycles. The maximum Gasteiger partial charge on any atom is 0.373 e. The third-order valence-corrected chi connectivity index (χ3v) is 4.54. The van der Waals surface area contributed by atoms with Gasteiger partial charge in [-0.15, -0.1) is 11.3 Å². The van der Waals surface area contributed by atoms with Crippen molar-refractivity contribution in [1.29, 1.82) is 0 Å². The number of aryl methyl sites for hydroxylation is 1. The van der Waals surface area contributed by atoms with Crippen LogP contribution in [0, 0.1) is 6.92 Å². The number of rotatable bonds is 9. The standard InChI is InChI=1S/C20H21N3O5S/c1-4-26-18-9-14(10-21-23-20-22-13(2)12-29-20)5-7-16(18)27-11-15-6-8-17(28-15)19(24)25-3/h5-10,12H,4,11H2,1-3H3,(H,22,23). The van der Waals surface area contributed by atoms with Crippen molar-refractivity contribution in [2.75, 3.05) is 19.1 Å². The number of thiazole rings is 1. The summed E-state index contributed by atoms with van der Waals surface area (Å²) in [5.74, 6) is 1.24. The van der Waals surface area contributed by atoms with E-state index >= 15 is 0 Å². The second kappa shape index (κ2) is 9.74. The average molecular weight is 415 g/mol. The summed E-state index contributed by atoms with van der Waals surface area (Å²) in [5, 5.41) is 6.87. The highest BCUT2D eigenvalue weighted by atomic mass is 32.1. The fraction of sp³-hybridized carbons (Fsp3) is 0.250. The van der Waals surface area contributed by atoms with Gasteiger partial charge in [-0.1, -0.05) is 0 Å². The van der Waals surface area contributed by atoms with Crippen LogP contribution in [-0.2, 0) is 11.3 Å². The number of furan rings is 1. The van der Waals surface area contributed by atoms with Crippen molar-refractivity contribution in [2.45, 2.75) is 20.5 Å². The normalized spacial score (nSPS) is 10.9. The van der Waals surface area contributed by atoms with Gasteiger partial charge in [0.2, 0.25) is 10.9 Å². The molecular weight excluding hydrogens is 394 g/mol. The first-order valence-electron chi connectivity index (χ1n) is 8.87. The molecule has 0 aliphatic carbocycles. The Morgan fingerprint density at radius 2 is 2.14 bits per heavy atom. The number of aromatic nitrogens is 1. The van der Waals surface area contributed by atoms with Gasteiger partial charge in [0.15, 0.2) is 11.5 Å². The highest BCUT2D eigenvalue weighted by Gasteiger charge is 2.12. The highest BCUT2D eigenvalue weighted by molar-refractivity contribution is 7.13. The molecule has 3 aromatic rings. The minimum atomic E-state index is -0.531. The van der Waals surface area contributed by atoms with Crippen LogP contribution >= 0.6 is 11.3 Å². The number of nitrogens with zero attached hydrogens (tertiary/aromatic N) is 2. The zero-order chi connectivity index (χ0) is 20.6. The molecule has 0 saturated carbocycles. The van der Waals surface area contributed by atoms with E-state index in [1.165, 1.54) is 18.4 Å². The lowest BCUT2D eigenvalue weighted by Gasteiger charge is -2.11. The Balaban J connectivity index is 1.65. The Labute approximate surface area is 172 Å². The number of benzene rings is 1. The molecule has 0 aliphatic heterocycles. The van der Waals surface area contributed by atoms with Crippen molar-refractivity contribution in [1.82, 2.24) is 4.98 Å². The first-order valence-corrected chi connectivity index (χ1v) is 9.75. The quantitative estimate of drug-likeness (QED) is 0.317. The van der Waals surface area contributed by atoms with E-state index in [0.717, 1.165) is 16.4 Å². The minimum absolute atomic E-state index is 0.130. The first kappa shape index (κ1) is 20.4. The van der Waals surface area contributed by atoms with Crippen LogP contribution in [0.25, 0.3) is 0 Å². The fourth-order valence-electron chi connectivity index (χ4n) is 2.37. The molecule has 1 N–H and O–H groups in total. The molecular formula is C20H21N3O5S. The van der Waals surface area contributed by atoms with Crippen molar-refractivity contribution in [3.05, 3.63) is 58.5 Å². The van der Waals surface area contributed by atoms with E-state index < -0.39 is 5.97 Å². The molecule has 0 unspecified atom stereocenters. The van der Waals surface area contributed by atoms with Gasteiger partial charge in [-0.3, -0.25) is 5.43 Å². The van der Waals surface area contributed by atoms with Crippen molar-refractivity contribution in [3.8, 4) is 11.5 Å². The largest absolute Gasteiger partial charge is 0.490 e. The van der Waals surface area contributed by atoms with Crippen LogP contribution in [-0.4, -0.2) is 30.9 Å². The van der Waals surface area contributed by atoms with Crippen molar-refractivity contribution >= 4 is 28.7 Å². The second-order valence-corrected chi connectivity index (χ2v) is 6.71. The number of hydrogen-bond acceptors (Lipinski definition) is 9. The molecule has 0 amide bonds. The van der Waals surface area contributed by atoms with E-state index in [4.69, 9.17) is 13.9 Å². The molecule has 0 bridgehead atoms. The summed E-state index contributed by atoms with van der Waals surface area (Å²) in [4.78, 5) is 15.7. The summed E-state index contributed by atoms with van der Waals surface area (Å²) in [6, 6.07) is 8.70. The topological polar surface area (TPSA) is 95.2 Å². The number of anilines is 1. The summed E-state index contributed by atoms with van der Waals surface area (Å²) in [5.41, 5.74) is 4.69. The van der Waals surface area contributed by atoms with E-state index in [1.807, 2.05) is 31.4 Å². The Morgan fingerprint density at radius 1 is 1.28 bits per heavy atom. The number of ether oxygens (including phenoxy) is 3. The zero-order valence-electron chi connectivity index (χ0n) is 16.3. The van der Waals surface area contributed by atoms with Crippen LogP contribution in [0.3, 0.4) is 0 Å². The molecule has 29 heavy (non-hydrogen) atoms. The summed E-state index contributed by atoms with van der Waals surface area (Å²) in [6.45, 7) is 4.46. The first-order chi connectivity index (χ1) is 14.1. The number of carbonyl (C=O) groups excluding carboxylic acids is 1. The maximum atomic E-state index is 11.5. The Bertz CT molecular complexity index is 996. The van der Waals surface area contributed by atoms with Gasteiger partial charge in [-0.25, -0.2) is 9.78 Å². The highest BCUT2D eigenvalue weighted by Crippen LogP contribution is 2.29. The van der Waals surface area contributed by atoms with Gasteiger partial charge in [0, 0.05) is 5.38 Å². The van der Waals surface area contributed by atoms with E-state index in [9.17, 15) is 4.79 Å². The number of hydrogen-bond donors (Lipinski definition) is 1. The average Bonchev–Trinajstić information content (AvgIpc) is 3.36. The lowest BCUT2D eigenvalue weighted by Crippen LogP contribution is -2.01. The number of esters is 1. The Kier molecular flexibility index (Phi) is 6.85. The molecule has 0 fully saturated rings. The number of nitrogens with one attached hydrogen (secondary N) is 1. The molecule has 2 aromatic heterocycles. The van der Waals surface area contributed by atoms with Crippen molar-refractivity contribution < 1.29 is 23.4 Å². The summed E-state index contributed by atoms with van der Waals surface area (Å²) in [6.07, 6.45) is 1.68. The van der Waals surface area contributed by atoms with Gasteiger partial charge in [0.05, 0.1) is 25.6 Å². The van der Waals surface area contributed by atoms with E-state index in [-0.39, 0.29) is 12.4 Å². The van der Waals surface area contributed by atoms with Crippen LogP contribution in [0.1, 0.15) is 34.5 Å². The van der Waals surface area contributed by atoms with Gasteiger partial charge in [-0.2, -0.15) is 5.10 Å². The van der Waals surface area contributed by atoms with Crippen LogP contribution in [0.5, 0.6) is 11.5 Å². The SMILES string of the molecule is CCOc1cc(C=NNc2nc(C)cs2)ccc1OCc1ccc(C(=O)OC)o1. The predicted octanol–water partition coefficient (Wildman–Crippen LogP) is 4.25. The maximum absolute atomic E-state index is 11.5. The lowest BCUT2D eigenvalue weighted by molar-refractivity contribution is 0.0561. The monoisotopic (exact) mass is 415 g/mol. The van der Waals surface area contributed by atoms with Crippen LogP contribution in [0.15, 0.2) is 45.2 Å². The van der Waals surface area contributed by atoms with Crippen LogP contribution < -0.4 is 14.9 Å². The molecule has 152 valence electrons. The predicted molar refractivity (Wildman–Crippen MR) is 110 cm³/mol. The molecule has 3 rings (SSSR count). The van der Waals surface area contributed by atoms with E-state index in [1.54, 1.807) is 24.4 Å². The molecule has 9 heteroatoms. The van der Waals surface area contributed by atoms with Gasteiger partial charge in [-0.05, 0) is 49.7 Å². The molecule has 0 atom stereocenters. The summed E-state index contributed by atoms with van der Waals surface area (Å²) >= 11 is 1.49. The third-order valence-electron chi connectivity index (χ3n) is 3.68. The van der Waals surface area contributed by atoms with Gasteiger partial charge >= 0.3 is 5.97 Å². The van der Waals surface area contributed by atoms with E-state index in [0.29, 0.717) is 23.9 Å². The number of carbonyl (C=O) groups is 1. The summed E-state index contributed by atoms with van der Waals surface area (Å²) in [7, 11) is 1.30.